The van der Waals surface area contributed by atoms with E-state index in [0.717, 1.165) is 43.0 Å². The molecule has 2 aromatic rings. The summed E-state index contributed by atoms with van der Waals surface area (Å²) >= 11 is 0. The van der Waals surface area contributed by atoms with E-state index in [-0.39, 0.29) is 6.04 Å². The molecule has 3 N–H and O–H groups in total. The molecule has 0 bridgehead atoms. The highest BCUT2D eigenvalue weighted by Crippen LogP contribution is 2.32. The quantitative estimate of drug-likeness (QED) is 0.657. The highest BCUT2D eigenvalue weighted by Gasteiger charge is 2.18. The lowest BCUT2D eigenvalue weighted by atomic mass is 9.95. The second-order valence-electron chi connectivity index (χ2n) is 7.47. The Bertz CT molecular complexity index is 867. The zero-order valence-corrected chi connectivity index (χ0v) is 17.1. The average Bonchev–Trinajstić information content (AvgIpc) is 2.67. The van der Waals surface area contributed by atoms with Gasteiger partial charge in [-0.25, -0.2) is 4.98 Å². The first-order chi connectivity index (χ1) is 13.4. The third-order valence-electron chi connectivity index (χ3n) is 4.76. The topological polar surface area (TPSA) is 85.1 Å². The third kappa shape index (κ3) is 4.39. The van der Waals surface area contributed by atoms with Crippen molar-refractivity contribution in [1.82, 2.24) is 4.98 Å². The molecule has 0 saturated carbocycles. The molecule has 1 aliphatic rings. The second-order valence-corrected chi connectivity index (χ2v) is 7.47. The van der Waals surface area contributed by atoms with Gasteiger partial charge in [-0.3, -0.25) is 0 Å². The Kier molecular flexibility index (Phi) is 6.09. The average molecular weight is 380 g/mol. The molecular weight excluding hydrogens is 350 g/mol. The molecule has 0 spiro atoms. The highest BCUT2D eigenvalue weighted by atomic mass is 16.5. The van der Waals surface area contributed by atoms with Crippen LogP contribution in [-0.2, 0) is 4.74 Å². The molecular formula is C22H29N5O. The lowest BCUT2D eigenvalue weighted by Crippen LogP contribution is -2.36. The molecule has 148 valence electrons. The summed E-state index contributed by atoms with van der Waals surface area (Å²) in [5, 5.41) is 19.7. The zero-order valence-electron chi connectivity index (χ0n) is 17.1. The van der Waals surface area contributed by atoms with Crippen LogP contribution in [0.5, 0.6) is 0 Å². The predicted molar refractivity (Wildman–Crippen MR) is 116 cm³/mol. The first-order valence-electron chi connectivity index (χ1n) is 9.72. The molecule has 6 heteroatoms. The van der Waals surface area contributed by atoms with Crippen molar-refractivity contribution in [2.45, 2.75) is 33.7 Å². The molecule has 6 nitrogen and oxygen atoms in total. The maximum atomic E-state index is 8.34. The second kappa shape index (κ2) is 8.52. The van der Waals surface area contributed by atoms with Gasteiger partial charge in [0.2, 0.25) is 0 Å². The Balaban J connectivity index is 2.07. The summed E-state index contributed by atoms with van der Waals surface area (Å²) in [5.41, 5.74) is 5.41. The fourth-order valence-corrected chi connectivity index (χ4v) is 3.40. The van der Waals surface area contributed by atoms with Crippen molar-refractivity contribution in [3.05, 3.63) is 41.6 Å². The Hall–Kier alpha value is -2.73. The van der Waals surface area contributed by atoms with Gasteiger partial charge < -0.3 is 25.8 Å². The third-order valence-corrected chi connectivity index (χ3v) is 4.76. The summed E-state index contributed by atoms with van der Waals surface area (Å²) in [6.07, 6.45) is 0. The SMILES string of the molecule is CC(=N)c1cc(-c2ccc(N3CCOCC3)cc2)c(C(C)=N)c(NC(C)C)n1. The maximum Gasteiger partial charge on any atom is 0.136 e. The predicted octanol–water partition coefficient (Wildman–Crippen LogP) is 4.18. The Morgan fingerprint density at radius 2 is 1.71 bits per heavy atom. The van der Waals surface area contributed by atoms with Crippen molar-refractivity contribution < 1.29 is 4.74 Å². The van der Waals surface area contributed by atoms with Gasteiger partial charge in [-0.1, -0.05) is 12.1 Å². The van der Waals surface area contributed by atoms with Gasteiger partial charge in [-0.2, -0.15) is 0 Å². The van der Waals surface area contributed by atoms with E-state index in [0.29, 0.717) is 22.9 Å². The molecule has 0 atom stereocenters. The van der Waals surface area contributed by atoms with Crippen molar-refractivity contribution in [3.8, 4) is 11.1 Å². The monoisotopic (exact) mass is 379 g/mol. The number of nitrogens with one attached hydrogen (secondary N) is 3. The first kappa shape index (κ1) is 20.0. The number of hydrogen-bond acceptors (Lipinski definition) is 6. The number of morpholine rings is 1. The minimum atomic E-state index is 0.184. The van der Waals surface area contributed by atoms with E-state index < -0.39 is 0 Å². The van der Waals surface area contributed by atoms with Gasteiger partial charge >= 0.3 is 0 Å². The van der Waals surface area contributed by atoms with Crippen molar-refractivity contribution in [2.24, 2.45) is 0 Å². The molecule has 0 unspecified atom stereocenters. The molecule has 1 aromatic carbocycles. The first-order valence-corrected chi connectivity index (χ1v) is 9.72. The van der Waals surface area contributed by atoms with Crippen LogP contribution >= 0.6 is 0 Å². The molecule has 1 aromatic heterocycles. The number of anilines is 2. The summed E-state index contributed by atoms with van der Waals surface area (Å²) in [6, 6.07) is 10.5. The van der Waals surface area contributed by atoms with Crippen LogP contribution in [0.25, 0.3) is 11.1 Å². The van der Waals surface area contributed by atoms with Gasteiger partial charge in [0.1, 0.15) is 5.82 Å². The molecule has 0 radical (unpaired) electrons. The van der Waals surface area contributed by atoms with Crippen LogP contribution in [0.1, 0.15) is 39.0 Å². The van der Waals surface area contributed by atoms with Crippen molar-refractivity contribution in [2.75, 3.05) is 36.5 Å². The van der Waals surface area contributed by atoms with E-state index in [9.17, 15) is 0 Å². The molecule has 0 amide bonds. The van der Waals surface area contributed by atoms with E-state index in [1.807, 2.05) is 19.9 Å². The number of pyridine rings is 1. The van der Waals surface area contributed by atoms with Crippen LogP contribution < -0.4 is 10.2 Å². The summed E-state index contributed by atoms with van der Waals surface area (Å²) < 4.78 is 5.44. The van der Waals surface area contributed by atoms with Crippen LogP contribution in [0.15, 0.2) is 30.3 Å². The highest BCUT2D eigenvalue weighted by molar-refractivity contribution is 6.08. The minimum Gasteiger partial charge on any atom is -0.378 e. The van der Waals surface area contributed by atoms with Gasteiger partial charge in [0.05, 0.1) is 24.6 Å². The molecule has 1 saturated heterocycles. The van der Waals surface area contributed by atoms with Gasteiger partial charge in [-0.15, -0.1) is 0 Å². The molecule has 1 aliphatic heterocycles. The fourth-order valence-electron chi connectivity index (χ4n) is 3.40. The van der Waals surface area contributed by atoms with Crippen LogP contribution in [0, 0.1) is 10.8 Å². The standard InChI is InChI=1S/C22H29N5O/c1-14(2)25-22-21(16(4)24)19(13-20(26-22)15(3)23)17-5-7-18(8-6-17)27-9-11-28-12-10-27/h5-8,13-14,23-24H,9-12H2,1-4H3,(H,25,26). The van der Waals surface area contributed by atoms with Crippen molar-refractivity contribution in [3.63, 3.8) is 0 Å². The minimum absolute atomic E-state index is 0.184. The lowest BCUT2D eigenvalue weighted by Gasteiger charge is -2.29. The summed E-state index contributed by atoms with van der Waals surface area (Å²) in [5.74, 6) is 0.666. The normalized spacial score (nSPS) is 14.2. The summed E-state index contributed by atoms with van der Waals surface area (Å²) in [7, 11) is 0. The van der Waals surface area contributed by atoms with Crippen molar-refractivity contribution >= 4 is 22.9 Å². The van der Waals surface area contributed by atoms with Crippen LogP contribution in [0.4, 0.5) is 11.5 Å². The molecule has 1 fully saturated rings. The summed E-state index contributed by atoms with van der Waals surface area (Å²) in [4.78, 5) is 6.93. The fraction of sp³-hybridized carbons (Fsp3) is 0.409. The summed E-state index contributed by atoms with van der Waals surface area (Å²) in [6.45, 7) is 10.9. The molecule has 28 heavy (non-hydrogen) atoms. The molecule has 3 rings (SSSR count). The number of benzene rings is 1. The zero-order chi connectivity index (χ0) is 20.3. The number of rotatable bonds is 6. The lowest BCUT2D eigenvalue weighted by molar-refractivity contribution is 0.122. The van der Waals surface area contributed by atoms with Crippen LogP contribution in [0.3, 0.4) is 0 Å². The maximum absolute atomic E-state index is 8.34. The molecule has 0 aliphatic carbocycles. The van der Waals surface area contributed by atoms with E-state index in [2.05, 4.69) is 39.5 Å². The van der Waals surface area contributed by atoms with Crippen LogP contribution in [-0.4, -0.2) is 48.8 Å². The largest absolute Gasteiger partial charge is 0.378 e. The van der Waals surface area contributed by atoms with Crippen molar-refractivity contribution in [1.29, 1.82) is 10.8 Å². The van der Waals surface area contributed by atoms with Crippen LogP contribution in [0.2, 0.25) is 0 Å². The van der Waals surface area contributed by atoms with E-state index >= 15 is 0 Å². The Morgan fingerprint density at radius 3 is 2.25 bits per heavy atom. The number of aromatic nitrogens is 1. The Labute approximate surface area is 167 Å². The van der Waals surface area contributed by atoms with E-state index in [4.69, 9.17) is 15.6 Å². The van der Waals surface area contributed by atoms with E-state index in [1.54, 1.807) is 13.8 Å². The molecule has 2 heterocycles. The number of ether oxygens (including phenoxy) is 1. The number of hydrogen-bond donors (Lipinski definition) is 3. The smallest absolute Gasteiger partial charge is 0.136 e. The van der Waals surface area contributed by atoms with Gasteiger partial charge in [-0.05, 0) is 57.0 Å². The van der Waals surface area contributed by atoms with Gasteiger partial charge in [0.15, 0.2) is 0 Å². The van der Waals surface area contributed by atoms with Gasteiger partial charge in [0, 0.05) is 36.1 Å². The Morgan fingerprint density at radius 1 is 1.07 bits per heavy atom. The van der Waals surface area contributed by atoms with Gasteiger partial charge in [0.25, 0.3) is 0 Å². The number of nitrogens with zero attached hydrogens (tertiary/aromatic N) is 2. The van der Waals surface area contributed by atoms with E-state index in [1.165, 1.54) is 5.69 Å².